The van der Waals surface area contributed by atoms with E-state index in [0.29, 0.717) is 19.8 Å². The molecule has 5 rings (SSSR count). The maximum Gasteiger partial charge on any atom is 0.139 e. The lowest BCUT2D eigenvalue weighted by atomic mass is 10.1. The van der Waals surface area contributed by atoms with Crippen molar-refractivity contribution in [1.29, 1.82) is 0 Å². The van der Waals surface area contributed by atoms with Gasteiger partial charge in [-0.25, -0.2) is 9.97 Å². The molecule has 0 aliphatic carbocycles. The Morgan fingerprint density at radius 2 is 1.88 bits per heavy atom. The van der Waals surface area contributed by atoms with Crippen LogP contribution in [0, 0.1) is 0 Å². The van der Waals surface area contributed by atoms with Crippen LogP contribution in [0.25, 0.3) is 27.8 Å². The highest BCUT2D eigenvalue weighted by Crippen LogP contribution is 2.29. The van der Waals surface area contributed by atoms with Gasteiger partial charge in [0.05, 0.1) is 28.8 Å². The predicted molar refractivity (Wildman–Crippen MR) is 131 cm³/mol. The minimum atomic E-state index is 0.512. The van der Waals surface area contributed by atoms with E-state index in [9.17, 15) is 0 Å². The third-order valence-electron chi connectivity index (χ3n) is 6.16. The van der Waals surface area contributed by atoms with Gasteiger partial charge in [-0.05, 0) is 30.3 Å². The largest absolute Gasteiger partial charge is 0.491 e. The van der Waals surface area contributed by atoms with Crippen molar-refractivity contribution in [3.63, 3.8) is 0 Å². The van der Waals surface area contributed by atoms with Crippen LogP contribution in [0.2, 0.25) is 0 Å². The van der Waals surface area contributed by atoms with Gasteiger partial charge < -0.3 is 20.1 Å². The molecule has 0 radical (unpaired) electrons. The Balaban J connectivity index is 1.45. The molecule has 1 fully saturated rings. The first-order chi connectivity index (χ1) is 16.3. The highest BCUT2D eigenvalue weighted by Gasteiger charge is 2.19. The number of hydrogen-bond donors (Lipinski definition) is 1. The summed E-state index contributed by atoms with van der Waals surface area (Å²) in [6.07, 6.45) is 1.83. The van der Waals surface area contributed by atoms with E-state index in [4.69, 9.17) is 20.2 Å². The van der Waals surface area contributed by atoms with Crippen molar-refractivity contribution in [2.75, 3.05) is 64.5 Å². The highest BCUT2D eigenvalue weighted by atomic mass is 16.5. The van der Waals surface area contributed by atoms with E-state index in [1.54, 1.807) is 7.11 Å². The maximum absolute atomic E-state index is 5.73. The van der Waals surface area contributed by atoms with Crippen molar-refractivity contribution in [3.05, 3.63) is 54.9 Å². The summed E-state index contributed by atoms with van der Waals surface area (Å²) in [6.45, 7) is 6.73. The average Bonchev–Trinajstić information content (AvgIpc) is 3.28. The van der Waals surface area contributed by atoms with E-state index in [-0.39, 0.29) is 0 Å². The van der Waals surface area contributed by atoms with Crippen LogP contribution in [0.5, 0.6) is 5.75 Å². The molecule has 0 saturated carbocycles. The predicted octanol–water partition coefficient (Wildman–Crippen LogP) is 2.68. The first-order valence-corrected chi connectivity index (χ1v) is 11.4. The fraction of sp³-hybridized carbons (Fsp3) is 0.360. The second-order valence-corrected chi connectivity index (χ2v) is 8.24. The third-order valence-corrected chi connectivity index (χ3v) is 6.16. The number of methoxy groups -OCH3 is 1. The van der Waals surface area contributed by atoms with Gasteiger partial charge in [0, 0.05) is 57.8 Å². The second-order valence-electron chi connectivity index (χ2n) is 8.24. The number of pyridine rings is 1. The molecular formula is C25H30N6O2. The van der Waals surface area contributed by atoms with Crippen molar-refractivity contribution in [1.82, 2.24) is 19.4 Å². The topological polar surface area (TPSA) is 81.7 Å². The molecule has 0 bridgehead atoms. The molecular weight excluding hydrogens is 416 g/mol. The van der Waals surface area contributed by atoms with Crippen molar-refractivity contribution < 1.29 is 9.47 Å². The molecule has 8 heteroatoms. The van der Waals surface area contributed by atoms with E-state index in [2.05, 4.69) is 45.1 Å². The quantitative estimate of drug-likeness (QED) is 0.417. The lowest BCUT2D eigenvalue weighted by Gasteiger charge is -2.36. The van der Waals surface area contributed by atoms with Gasteiger partial charge in [-0.3, -0.25) is 9.47 Å². The number of anilines is 1. The summed E-state index contributed by atoms with van der Waals surface area (Å²) in [6, 6.07) is 16.5. The fourth-order valence-electron chi connectivity index (χ4n) is 4.41. The minimum Gasteiger partial charge on any atom is -0.491 e. The number of para-hydroxylation sites is 1. The zero-order valence-electron chi connectivity index (χ0n) is 19.0. The Morgan fingerprint density at radius 3 is 2.70 bits per heavy atom. The number of rotatable bonds is 8. The standard InChI is InChI=1S/C25H30N6O2/c1-32-15-16-33-20-6-7-22-21(17-20)27-18-31(22)24-8-5-19-3-2-4-23(25(19)28-24)30-13-11-29(10-9-26)12-14-30/h2-8,17-18H,9-16,26H2,1H3. The van der Waals surface area contributed by atoms with Crippen molar-refractivity contribution in [2.24, 2.45) is 5.73 Å². The number of benzene rings is 2. The second kappa shape index (κ2) is 9.74. The lowest BCUT2D eigenvalue weighted by Crippen LogP contribution is -2.47. The van der Waals surface area contributed by atoms with Crippen LogP contribution in [0.1, 0.15) is 0 Å². The number of nitrogens with two attached hydrogens (primary N) is 1. The normalized spacial score (nSPS) is 14.9. The van der Waals surface area contributed by atoms with Crippen LogP contribution in [0.4, 0.5) is 5.69 Å². The molecule has 1 saturated heterocycles. The molecule has 172 valence electrons. The zero-order chi connectivity index (χ0) is 22.6. The molecule has 0 unspecified atom stereocenters. The number of aromatic nitrogens is 3. The fourth-order valence-corrected chi connectivity index (χ4v) is 4.41. The molecule has 1 aliphatic heterocycles. The number of fused-ring (bicyclic) bond motifs is 2. The summed E-state index contributed by atoms with van der Waals surface area (Å²) < 4.78 is 12.8. The first kappa shape index (κ1) is 21.6. The van der Waals surface area contributed by atoms with Crippen LogP contribution < -0.4 is 15.4 Å². The summed E-state index contributed by atoms with van der Waals surface area (Å²) in [7, 11) is 1.66. The first-order valence-electron chi connectivity index (χ1n) is 11.4. The Morgan fingerprint density at radius 1 is 1.00 bits per heavy atom. The lowest BCUT2D eigenvalue weighted by molar-refractivity contribution is 0.146. The van der Waals surface area contributed by atoms with Crippen LogP contribution in [-0.2, 0) is 4.74 Å². The van der Waals surface area contributed by atoms with Crippen LogP contribution >= 0.6 is 0 Å². The van der Waals surface area contributed by atoms with Gasteiger partial charge in [-0.15, -0.1) is 0 Å². The molecule has 2 aromatic carbocycles. The Labute approximate surface area is 193 Å². The van der Waals surface area contributed by atoms with Crippen LogP contribution in [-0.4, -0.2) is 79.0 Å². The Hall–Kier alpha value is -3.20. The van der Waals surface area contributed by atoms with E-state index in [1.165, 1.54) is 5.69 Å². The number of imidazole rings is 1. The van der Waals surface area contributed by atoms with Crippen LogP contribution in [0.15, 0.2) is 54.9 Å². The van der Waals surface area contributed by atoms with Gasteiger partial charge in [0.25, 0.3) is 0 Å². The maximum atomic E-state index is 5.73. The monoisotopic (exact) mass is 446 g/mol. The van der Waals surface area contributed by atoms with Gasteiger partial charge in [0.2, 0.25) is 0 Å². The van der Waals surface area contributed by atoms with E-state index in [0.717, 1.165) is 66.2 Å². The van der Waals surface area contributed by atoms with Gasteiger partial charge >= 0.3 is 0 Å². The summed E-state index contributed by atoms with van der Waals surface area (Å²) in [5.74, 6) is 1.64. The molecule has 0 spiro atoms. The third kappa shape index (κ3) is 4.50. The molecule has 4 aromatic rings. The van der Waals surface area contributed by atoms with E-state index < -0.39 is 0 Å². The Kier molecular flexibility index (Phi) is 6.39. The highest BCUT2D eigenvalue weighted by molar-refractivity contribution is 5.92. The average molecular weight is 447 g/mol. The number of ether oxygens (including phenoxy) is 2. The molecule has 2 aromatic heterocycles. The summed E-state index contributed by atoms with van der Waals surface area (Å²) in [5.41, 5.74) is 9.80. The molecule has 33 heavy (non-hydrogen) atoms. The van der Waals surface area contributed by atoms with E-state index in [1.807, 2.05) is 29.1 Å². The number of piperazine rings is 1. The SMILES string of the molecule is COCCOc1ccc2c(c1)ncn2-c1ccc2cccc(N3CCN(CCN)CC3)c2n1. The van der Waals surface area contributed by atoms with Crippen molar-refractivity contribution >= 4 is 27.6 Å². The van der Waals surface area contributed by atoms with Crippen molar-refractivity contribution in [3.8, 4) is 11.6 Å². The van der Waals surface area contributed by atoms with Crippen LogP contribution in [0.3, 0.4) is 0 Å². The molecule has 0 amide bonds. The number of nitrogens with zero attached hydrogens (tertiary/aromatic N) is 5. The van der Waals surface area contributed by atoms with Gasteiger partial charge in [0.1, 0.15) is 24.5 Å². The van der Waals surface area contributed by atoms with Gasteiger partial charge in [-0.1, -0.05) is 12.1 Å². The molecule has 2 N–H and O–H groups in total. The summed E-state index contributed by atoms with van der Waals surface area (Å²) in [5, 5.41) is 1.14. The molecule has 0 atom stereocenters. The molecule has 3 heterocycles. The van der Waals surface area contributed by atoms with Gasteiger partial charge in [0.15, 0.2) is 0 Å². The molecule has 1 aliphatic rings. The smallest absolute Gasteiger partial charge is 0.139 e. The summed E-state index contributed by atoms with van der Waals surface area (Å²) in [4.78, 5) is 14.5. The Bertz CT molecular complexity index is 1230. The summed E-state index contributed by atoms with van der Waals surface area (Å²) >= 11 is 0. The molecule has 8 nitrogen and oxygen atoms in total. The zero-order valence-corrected chi connectivity index (χ0v) is 19.0. The van der Waals surface area contributed by atoms with Gasteiger partial charge in [-0.2, -0.15) is 0 Å². The van der Waals surface area contributed by atoms with E-state index >= 15 is 0 Å². The minimum absolute atomic E-state index is 0.512. The number of hydrogen-bond acceptors (Lipinski definition) is 7. The van der Waals surface area contributed by atoms with Crippen molar-refractivity contribution in [2.45, 2.75) is 0 Å².